The molecule has 0 aromatic carbocycles. The summed E-state index contributed by atoms with van der Waals surface area (Å²) >= 11 is 0. The highest BCUT2D eigenvalue weighted by atomic mass is 31.2. The fraction of sp³-hybridized carbons (Fsp3) is 0.757. The van der Waals surface area contributed by atoms with Gasteiger partial charge in [0, 0.05) is 18.7 Å². The van der Waals surface area contributed by atoms with Crippen molar-refractivity contribution in [2.75, 3.05) is 25.1 Å². The number of rotatable bonds is 21. The summed E-state index contributed by atoms with van der Waals surface area (Å²) in [6.07, 6.45) is 10.7. The van der Waals surface area contributed by atoms with E-state index >= 15 is 0 Å². The van der Waals surface area contributed by atoms with Crippen LogP contribution in [0.5, 0.6) is 0 Å². The van der Waals surface area contributed by atoms with Gasteiger partial charge in [0.25, 0.3) is 0 Å². The van der Waals surface area contributed by atoms with E-state index in [1.165, 1.54) is 0 Å². The fourth-order valence-corrected chi connectivity index (χ4v) is 13.1. The molecule has 10 heteroatoms. The van der Waals surface area contributed by atoms with Crippen molar-refractivity contribution < 1.29 is 23.5 Å². The van der Waals surface area contributed by atoms with Crippen molar-refractivity contribution in [2.24, 2.45) is 5.92 Å². The van der Waals surface area contributed by atoms with Crippen LogP contribution in [-0.2, 0) is 31.7 Å². The Labute approximate surface area is 287 Å². The normalized spacial score (nSPS) is 17.8. The molecule has 268 valence electrons. The molecule has 47 heavy (non-hydrogen) atoms. The minimum absolute atomic E-state index is 0.0461. The SMILES string of the molecule is C=CCOC(=O)C(N1C(=O)[C@H]([C@@H](C)O[Si](C)(C)C(C)(C)C)[C@H]1CC(=O)c1cc(CC)n(CC)n1)=P(CCCC)(CCCC)CCCC. The lowest BCUT2D eigenvalue weighted by Crippen LogP contribution is -2.69. The number of esters is 1. The molecule has 1 aliphatic heterocycles. The van der Waals surface area contributed by atoms with Gasteiger partial charge in [0.15, 0.2) is 14.1 Å². The van der Waals surface area contributed by atoms with Gasteiger partial charge >= 0.3 is 5.97 Å². The van der Waals surface area contributed by atoms with Crippen LogP contribution in [0.2, 0.25) is 18.1 Å². The van der Waals surface area contributed by atoms with Crippen LogP contribution in [0, 0.1) is 5.92 Å². The van der Waals surface area contributed by atoms with Crippen molar-refractivity contribution in [1.82, 2.24) is 14.7 Å². The number of hydrogen-bond donors (Lipinski definition) is 0. The molecule has 1 amide bonds. The van der Waals surface area contributed by atoms with Gasteiger partial charge in [-0.05, 0) is 82.2 Å². The Morgan fingerprint density at radius 3 is 2.02 bits per heavy atom. The molecule has 1 aromatic rings. The van der Waals surface area contributed by atoms with Crippen LogP contribution in [0.3, 0.4) is 0 Å². The fourth-order valence-electron chi connectivity index (χ4n) is 6.47. The van der Waals surface area contributed by atoms with Gasteiger partial charge in [0.1, 0.15) is 17.7 Å². The van der Waals surface area contributed by atoms with Crippen LogP contribution in [-0.4, -0.2) is 83.3 Å². The van der Waals surface area contributed by atoms with Gasteiger partial charge in [0.2, 0.25) is 5.91 Å². The highest BCUT2D eigenvalue weighted by Crippen LogP contribution is 2.55. The molecule has 3 atom stereocenters. The third-order valence-corrected chi connectivity index (χ3v) is 19.7. The van der Waals surface area contributed by atoms with Crippen LogP contribution in [0.25, 0.3) is 0 Å². The van der Waals surface area contributed by atoms with Crippen LogP contribution in [0.4, 0.5) is 0 Å². The average molecular weight is 692 g/mol. The zero-order valence-electron chi connectivity index (χ0n) is 31.6. The zero-order chi connectivity index (χ0) is 35.6. The molecule has 0 N–H and O–H groups in total. The van der Waals surface area contributed by atoms with E-state index < -0.39 is 39.2 Å². The van der Waals surface area contributed by atoms with E-state index in [0.717, 1.165) is 69.1 Å². The number of nitrogens with zero attached hydrogens (tertiary/aromatic N) is 3. The number of carbonyl (C=O) groups is 3. The topological polar surface area (TPSA) is 90.7 Å². The predicted octanol–water partition coefficient (Wildman–Crippen LogP) is 8.55. The summed E-state index contributed by atoms with van der Waals surface area (Å²) in [5.74, 6) is -1.20. The molecule has 0 saturated carbocycles. The van der Waals surface area contributed by atoms with Crippen molar-refractivity contribution in [3.8, 4) is 0 Å². The lowest BCUT2D eigenvalue weighted by atomic mass is 9.80. The summed E-state index contributed by atoms with van der Waals surface area (Å²) in [5.41, 5.74) is 1.97. The lowest BCUT2D eigenvalue weighted by molar-refractivity contribution is -0.156. The first-order chi connectivity index (χ1) is 22.1. The molecular weight excluding hydrogens is 625 g/mol. The van der Waals surface area contributed by atoms with Crippen molar-refractivity contribution in [3.05, 3.63) is 30.1 Å². The van der Waals surface area contributed by atoms with E-state index in [0.29, 0.717) is 17.7 Å². The monoisotopic (exact) mass is 691 g/mol. The first-order valence-electron chi connectivity index (χ1n) is 18.2. The van der Waals surface area contributed by atoms with Gasteiger partial charge in [0.05, 0.1) is 18.1 Å². The number of amides is 1. The minimum atomic E-state index is -2.24. The Hall–Kier alpha value is -1.96. The van der Waals surface area contributed by atoms with Crippen LogP contribution >= 0.6 is 6.89 Å². The van der Waals surface area contributed by atoms with Gasteiger partial charge in [-0.2, -0.15) is 5.10 Å². The Morgan fingerprint density at radius 1 is 1.04 bits per heavy atom. The van der Waals surface area contributed by atoms with E-state index in [9.17, 15) is 14.4 Å². The van der Waals surface area contributed by atoms with Gasteiger partial charge in [-0.1, -0.05) is 87.3 Å². The highest BCUT2D eigenvalue weighted by Gasteiger charge is 2.56. The van der Waals surface area contributed by atoms with Crippen molar-refractivity contribution >= 4 is 38.3 Å². The molecule has 0 spiro atoms. The molecule has 1 saturated heterocycles. The first-order valence-corrected chi connectivity index (χ1v) is 23.5. The second kappa shape index (κ2) is 18.1. The van der Waals surface area contributed by atoms with Gasteiger partial charge < -0.3 is 14.1 Å². The third kappa shape index (κ3) is 9.82. The minimum Gasteiger partial charge on any atom is -0.457 e. The summed E-state index contributed by atoms with van der Waals surface area (Å²) in [5, 5.41) is 4.60. The molecule has 0 radical (unpaired) electrons. The summed E-state index contributed by atoms with van der Waals surface area (Å²) in [7, 11) is -2.24. The summed E-state index contributed by atoms with van der Waals surface area (Å²) in [6, 6.07) is 1.37. The van der Waals surface area contributed by atoms with Gasteiger partial charge in [-0.3, -0.25) is 14.3 Å². The van der Waals surface area contributed by atoms with E-state index in [1.54, 1.807) is 11.0 Å². The summed E-state index contributed by atoms with van der Waals surface area (Å²) in [4.78, 5) is 44.7. The summed E-state index contributed by atoms with van der Waals surface area (Å²) < 4.78 is 14.5. The Balaban J connectivity index is 2.83. The number of Topliss-reactive ketones (excluding diaryl/α,β-unsaturated/α-hetero) is 1. The van der Waals surface area contributed by atoms with Crippen LogP contribution in [0.1, 0.15) is 123 Å². The number of likely N-dealkylation sites (tertiary alicyclic amines) is 1. The molecule has 8 nitrogen and oxygen atoms in total. The number of hydrogen-bond acceptors (Lipinski definition) is 6. The molecule has 0 unspecified atom stereocenters. The standard InChI is InChI=1S/C37H66N3O5PSi/c1-13-19-23-46(24-20-14-2,25-21-15-3)35(36(43)44-22-16-4)40-31(27-32(41)30-26-29(17-5)39(18-6)38-30)33(34(40)42)28(7)45-47(11,12)37(8,9)10/h16,26,28,31,33H,4,13-15,17-25,27H2,1-3,5-12H3/t28-,31-,33-/m1/s1. The Bertz CT molecular complexity index is 1230. The quantitative estimate of drug-likeness (QED) is 0.0321. The van der Waals surface area contributed by atoms with E-state index in [-0.39, 0.29) is 29.8 Å². The maximum absolute atomic E-state index is 14.6. The first kappa shape index (κ1) is 41.2. The molecular formula is C37H66N3O5PSi. The summed E-state index contributed by atoms with van der Waals surface area (Å²) in [6.45, 7) is 25.9. The smallest absolute Gasteiger partial charge is 0.355 e. The largest absolute Gasteiger partial charge is 0.457 e. The molecule has 0 bridgehead atoms. The predicted molar refractivity (Wildman–Crippen MR) is 201 cm³/mol. The number of ether oxygens (including phenoxy) is 1. The third-order valence-electron chi connectivity index (χ3n) is 10.3. The Morgan fingerprint density at radius 2 is 1.60 bits per heavy atom. The molecule has 1 fully saturated rings. The van der Waals surface area contributed by atoms with Crippen LogP contribution < -0.4 is 0 Å². The molecule has 2 heterocycles. The number of unbranched alkanes of at least 4 members (excludes halogenated alkanes) is 3. The maximum Gasteiger partial charge on any atom is 0.355 e. The lowest BCUT2D eigenvalue weighted by Gasteiger charge is -2.53. The van der Waals surface area contributed by atoms with Crippen molar-refractivity contribution in [3.63, 3.8) is 0 Å². The molecule has 1 aliphatic rings. The number of aryl methyl sites for hydroxylation is 2. The number of ketones is 1. The van der Waals surface area contributed by atoms with E-state index in [2.05, 4.69) is 73.2 Å². The van der Waals surface area contributed by atoms with E-state index in [1.807, 2.05) is 24.6 Å². The maximum atomic E-state index is 14.6. The second-order valence-corrected chi connectivity index (χ2v) is 23.6. The van der Waals surface area contributed by atoms with Crippen molar-refractivity contribution in [2.45, 2.75) is 151 Å². The molecule has 2 rings (SSSR count). The number of aromatic nitrogens is 2. The van der Waals surface area contributed by atoms with Gasteiger partial charge in [-0.25, -0.2) is 4.79 Å². The van der Waals surface area contributed by atoms with Gasteiger partial charge in [-0.15, -0.1) is 0 Å². The second-order valence-electron chi connectivity index (χ2n) is 14.8. The molecule has 1 aromatic heterocycles. The number of β-lactam (4-membered cyclic amide) rings is 1. The van der Waals surface area contributed by atoms with Crippen molar-refractivity contribution in [1.29, 1.82) is 0 Å². The van der Waals surface area contributed by atoms with E-state index in [4.69, 9.17) is 9.16 Å². The average Bonchev–Trinajstić information content (AvgIpc) is 3.45. The Kier molecular flexibility index (Phi) is 15.9. The molecule has 0 aliphatic carbocycles. The zero-order valence-corrected chi connectivity index (χ0v) is 33.5. The number of carbonyl (C=O) groups excluding carboxylic acids is 3. The highest BCUT2D eigenvalue weighted by molar-refractivity contribution is 7.77. The van der Waals surface area contributed by atoms with Crippen LogP contribution in [0.15, 0.2) is 18.7 Å².